The summed E-state index contributed by atoms with van der Waals surface area (Å²) in [4.78, 5) is 10.6. The zero-order chi connectivity index (χ0) is 8.53. The van der Waals surface area contributed by atoms with Gasteiger partial charge in [0.25, 0.3) is 0 Å². The van der Waals surface area contributed by atoms with Crippen LogP contribution in [0.3, 0.4) is 0 Å². The molecule has 0 aliphatic heterocycles. The number of carbonyl (C=O) groups is 1. The molecule has 0 aromatic carbocycles. The number of hydrogen-bond donors (Lipinski definition) is 0. The van der Waals surface area contributed by atoms with Gasteiger partial charge in [0.2, 0.25) is 0 Å². The van der Waals surface area contributed by atoms with Gasteiger partial charge in [-0.1, -0.05) is 62.3 Å². The van der Waals surface area contributed by atoms with E-state index in [1.807, 2.05) is 0 Å². The normalized spacial score (nSPS) is 6.24. The van der Waals surface area contributed by atoms with Crippen LogP contribution < -0.4 is 51.4 Å². The van der Waals surface area contributed by atoms with E-state index in [2.05, 4.69) is 11.7 Å². The van der Waals surface area contributed by atoms with Crippen LogP contribution in [0.1, 0.15) is 75.2 Å². The molecule has 0 bridgehead atoms. The molecule has 0 amide bonds. The van der Waals surface area contributed by atoms with Gasteiger partial charge in [0.1, 0.15) is 0 Å². The summed E-state index contributed by atoms with van der Waals surface area (Å²) in [6.45, 7) is 2.18. The molecule has 0 aliphatic carbocycles. The molecule has 0 aromatic rings. The molecular formula is C13H35KO3. The first-order chi connectivity index (χ1) is 5.31. The summed E-state index contributed by atoms with van der Waals surface area (Å²) in [6, 6.07) is 0. The molecule has 0 saturated heterocycles. The van der Waals surface area contributed by atoms with E-state index >= 15 is 0 Å². The molecule has 0 atom stereocenters. The molecule has 1 N–H and O–H groups in total. The molecule has 0 radical (unpaired) electrons. The van der Waals surface area contributed by atoms with Gasteiger partial charge in [0, 0.05) is 6.42 Å². The molecule has 0 unspecified atom stereocenters. The number of ether oxygens (including phenoxy) is 1. The van der Waals surface area contributed by atoms with Crippen molar-refractivity contribution in [3.05, 3.63) is 0 Å². The van der Waals surface area contributed by atoms with Crippen LogP contribution in [-0.4, -0.2) is 18.6 Å². The number of unbranched alkanes of at least 4 members (excludes halogenated alkanes) is 4. The van der Waals surface area contributed by atoms with Gasteiger partial charge in [-0.15, -0.1) is 0 Å². The summed E-state index contributed by atoms with van der Waals surface area (Å²) < 4.78 is 4.52. The van der Waals surface area contributed by atoms with Crippen LogP contribution in [0.25, 0.3) is 0 Å². The molecule has 0 aromatic heterocycles. The van der Waals surface area contributed by atoms with Crippen LogP contribution in [0, 0.1) is 0 Å². The van der Waals surface area contributed by atoms with Crippen molar-refractivity contribution < 1.29 is 66.4 Å². The van der Waals surface area contributed by atoms with E-state index in [0.29, 0.717) is 6.42 Å². The number of rotatable bonds is 6. The average molecular weight is 279 g/mol. The van der Waals surface area contributed by atoms with E-state index in [4.69, 9.17) is 0 Å². The van der Waals surface area contributed by atoms with E-state index in [0.717, 1.165) is 12.8 Å². The minimum absolute atomic E-state index is 0. The van der Waals surface area contributed by atoms with Gasteiger partial charge < -0.3 is 10.2 Å². The summed E-state index contributed by atoms with van der Waals surface area (Å²) in [5.74, 6) is -0.0819. The van der Waals surface area contributed by atoms with E-state index in [1.54, 1.807) is 0 Å². The topological polar surface area (TPSA) is 56.3 Å². The molecule has 106 valence electrons. The summed E-state index contributed by atoms with van der Waals surface area (Å²) in [7, 11) is 1.44. The Morgan fingerprint density at radius 2 is 1.35 bits per heavy atom. The Kier molecular flexibility index (Phi) is 90.9. The fourth-order valence-electron chi connectivity index (χ4n) is 0.975. The Balaban J connectivity index is -0.0000000333. The van der Waals surface area contributed by atoms with Gasteiger partial charge in [0.15, 0.2) is 0 Å². The quantitative estimate of drug-likeness (QED) is 0.423. The van der Waals surface area contributed by atoms with Crippen LogP contribution >= 0.6 is 0 Å². The second-order valence-corrected chi connectivity index (χ2v) is 2.74. The van der Waals surface area contributed by atoms with Crippen LogP contribution in [0.2, 0.25) is 0 Å². The molecule has 0 spiro atoms. The third-order valence-corrected chi connectivity index (χ3v) is 1.71. The van der Waals surface area contributed by atoms with Crippen molar-refractivity contribution in [3.8, 4) is 0 Å². The third-order valence-electron chi connectivity index (χ3n) is 1.71. The standard InChI is InChI=1S/C9H18O2.4CH4.K.H2O/c1-3-4-5-6-7-8-9(10)11-2;;;;;;/h3-8H2,1-2H3;4*1H4;;1H2/q;;;;;+1;/p-1. The summed E-state index contributed by atoms with van der Waals surface area (Å²) in [5.41, 5.74) is 0. The van der Waals surface area contributed by atoms with Crippen molar-refractivity contribution in [1.82, 2.24) is 0 Å². The van der Waals surface area contributed by atoms with Crippen molar-refractivity contribution in [2.75, 3.05) is 7.11 Å². The molecule has 0 fully saturated rings. The first-order valence-electron chi connectivity index (χ1n) is 4.38. The van der Waals surface area contributed by atoms with Crippen LogP contribution in [0.5, 0.6) is 0 Å². The first-order valence-corrected chi connectivity index (χ1v) is 4.38. The molecule has 3 nitrogen and oxygen atoms in total. The minimum atomic E-state index is -0.0819. The number of methoxy groups -OCH3 is 1. The molecule has 0 aliphatic rings. The van der Waals surface area contributed by atoms with Crippen molar-refractivity contribution in [3.63, 3.8) is 0 Å². The average Bonchev–Trinajstić information content (AvgIpc) is 2.04. The Morgan fingerprint density at radius 1 is 0.941 bits per heavy atom. The van der Waals surface area contributed by atoms with Crippen molar-refractivity contribution in [2.24, 2.45) is 0 Å². The van der Waals surface area contributed by atoms with E-state index in [-0.39, 0.29) is 92.5 Å². The Labute approximate surface area is 153 Å². The zero-order valence-corrected chi connectivity index (χ0v) is 12.1. The van der Waals surface area contributed by atoms with Gasteiger partial charge in [0.05, 0.1) is 7.11 Å². The zero-order valence-electron chi connectivity index (χ0n) is 9.01. The van der Waals surface area contributed by atoms with Gasteiger partial charge in [-0.25, -0.2) is 0 Å². The van der Waals surface area contributed by atoms with E-state index in [1.165, 1.54) is 26.4 Å². The molecule has 4 heteroatoms. The van der Waals surface area contributed by atoms with Crippen LogP contribution in [0.4, 0.5) is 0 Å². The molecule has 0 rings (SSSR count). The van der Waals surface area contributed by atoms with Gasteiger partial charge in [-0.2, -0.15) is 0 Å². The maximum Gasteiger partial charge on any atom is 1.00 e. The molecule has 17 heavy (non-hydrogen) atoms. The summed E-state index contributed by atoms with van der Waals surface area (Å²) in [6.07, 6.45) is 6.49. The van der Waals surface area contributed by atoms with Crippen molar-refractivity contribution in [2.45, 2.75) is 75.2 Å². The number of carbonyl (C=O) groups excluding carboxylic acids is 1. The maximum absolute atomic E-state index is 10.6. The number of hydrogen-bond acceptors (Lipinski definition) is 3. The van der Waals surface area contributed by atoms with E-state index in [9.17, 15) is 4.79 Å². The SMILES string of the molecule is C.C.C.C.CCCCCCCC(=O)OC.[K+].[OH-]. The van der Waals surface area contributed by atoms with Crippen molar-refractivity contribution in [1.29, 1.82) is 0 Å². The smallest absolute Gasteiger partial charge is 0.870 e. The second kappa shape index (κ2) is 36.0. The Bertz CT molecular complexity index is 109. The summed E-state index contributed by atoms with van der Waals surface area (Å²) >= 11 is 0. The van der Waals surface area contributed by atoms with Gasteiger partial charge >= 0.3 is 57.4 Å². The monoisotopic (exact) mass is 278 g/mol. The minimum Gasteiger partial charge on any atom is -0.870 e. The predicted molar refractivity (Wildman–Crippen MR) is 74.3 cm³/mol. The van der Waals surface area contributed by atoms with Crippen molar-refractivity contribution >= 4 is 5.97 Å². The predicted octanol–water partition coefficient (Wildman–Crippen LogP) is 1.89. The summed E-state index contributed by atoms with van der Waals surface area (Å²) in [5, 5.41) is 0. The van der Waals surface area contributed by atoms with Gasteiger partial charge in [-0.05, 0) is 6.42 Å². The molecule has 0 saturated carbocycles. The second-order valence-electron chi connectivity index (χ2n) is 2.74. The Morgan fingerprint density at radius 3 is 1.71 bits per heavy atom. The third kappa shape index (κ3) is 38.2. The maximum atomic E-state index is 10.6. The molecule has 0 heterocycles. The van der Waals surface area contributed by atoms with Gasteiger partial charge in [-0.3, -0.25) is 4.79 Å². The van der Waals surface area contributed by atoms with E-state index < -0.39 is 0 Å². The van der Waals surface area contributed by atoms with Crippen LogP contribution in [-0.2, 0) is 9.53 Å². The first kappa shape index (κ1) is 43.0. The fourth-order valence-corrected chi connectivity index (χ4v) is 0.975. The Hall–Kier alpha value is 1.07. The van der Waals surface area contributed by atoms with Crippen LogP contribution in [0.15, 0.2) is 0 Å². The largest absolute Gasteiger partial charge is 1.00 e. The fraction of sp³-hybridized carbons (Fsp3) is 0.923. The number of esters is 1. The molecular weight excluding hydrogens is 243 g/mol.